The molecule has 22 heavy (non-hydrogen) atoms. The summed E-state index contributed by atoms with van der Waals surface area (Å²) in [6.07, 6.45) is 5.41. The summed E-state index contributed by atoms with van der Waals surface area (Å²) in [5, 5.41) is 0. The van der Waals surface area contributed by atoms with Crippen molar-refractivity contribution in [1.29, 1.82) is 0 Å². The van der Waals surface area contributed by atoms with E-state index in [1.807, 2.05) is 0 Å². The maximum Gasteiger partial charge on any atom is 0.244 e. The highest BCUT2D eigenvalue weighted by Crippen LogP contribution is 2.25. The van der Waals surface area contributed by atoms with Gasteiger partial charge in [-0.05, 0) is 31.0 Å². The minimum atomic E-state index is -4.05. The number of nitrogens with zero attached hydrogens (tertiary/aromatic N) is 1. The van der Waals surface area contributed by atoms with Gasteiger partial charge in [-0.1, -0.05) is 12.0 Å². The van der Waals surface area contributed by atoms with E-state index in [1.54, 1.807) is 0 Å². The second-order valence-corrected chi connectivity index (χ2v) is 9.34. The van der Waals surface area contributed by atoms with Gasteiger partial charge in [0.05, 0.1) is 22.9 Å². The summed E-state index contributed by atoms with van der Waals surface area (Å²) in [5.74, 6) is 1.26. The molecule has 1 aliphatic rings. The Hall–Kier alpha value is -1.43. The van der Waals surface area contributed by atoms with Crippen molar-refractivity contribution >= 4 is 19.9 Å². The molecule has 0 spiro atoms. The van der Waals surface area contributed by atoms with E-state index in [0.717, 1.165) is 10.4 Å². The maximum atomic E-state index is 13.6. The molecule has 1 heterocycles. The van der Waals surface area contributed by atoms with E-state index in [9.17, 15) is 21.2 Å². The second-order valence-electron chi connectivity index (χ2n) is 5.22. The fourth-order valence-corrected chi connectivity index (χ4v) is 5.78. The van der Waals surface area contributed by atoms with Crippen LogP contribution in [-0.2, 0) is 19.9 Å². The highest BCUT2D eigenvalue weighted by Gasteiger charge is 2.38. The van der Waals surface area contributed by atoms with Crippen LogP contribution >= 0.6 is 0 Å². The second kappa shape index (κ2) is 5.99. The summed E-state index contributed by atoms with van der Waals surface area (Å²) in [6.45, 7) is 1.27. The Morgan fingerprint density at radius 3 is 2.64 bits per heavy atom. The zero-order valence-corrected chi connectivity index (χ0v) is 13.6. The lowest BCUT2D eigenvalue weighted by Gasteiger charge is -2.25. The largest absolute Gasteiger partial charge is 0.244 e. The first kappa shape index (κ1) is 16.9. The number of aryl methyl sites for hydroxylation is 1. The third kappa shape index (κ3) is 3.32. The Morgan fingerprint density at radius 1 is 1.45 bits per heavy atom. The molecule has 120 valence electrons. The normalized spacial score (nSPS) is 20.9. The Balaban J connectivity index is 2.42. The topological polar surface area (TPSA) is 71.5 Å². The van der Waals surface area contributed by atoms with Crippen LogP contribution in [0, 0.1) is 25.1 Å². The van der Waals surface area contributed by atoms with Gasteiger partial charge in [0.2, 0.25) is 10.0 Å². The molecule has 0 amide bonds. The molecule has 0 saturated carbocycles. The standard InChI is InChI=1S/C14H16FNO4S2/c1-3-7-16(12-6-8-21(17,18)10-12)22(19,20)13-5-4-11(2)14(15)9-13/h1,4-5,9,12H,6-8,10H2,2H3. The fraction of sp³-hybridized carbons (Fsp3) is 0.429. The summed E-state index contributed by atoms with van der Waals surface area (Å²) < 4.78 is 63.1. The minimum Gasteiger partial charge on any atom is -0.229 e. The number of sulfone groups is 1. The molecule has 1 unspecified atom stereocenters. The summed E-state index contributed by atoms with van der Waals surface area (Å²) in [7, 11) is -7.31. The first-order chi connectivity index (χ1) is 10.2. The quantitative estimate of drug-likeness (QED) is 0.762. The smallest absolute Gasteiger partial charge is 0.229 e. The minimum absolute atomic E-state index is 0.0729. The highest BCUT2D eigenvalue weighted by atomic mass is 32.2. The zero-order chi connectivity index (χ0) is 16.5. The average molecular weight is 345 g/mol. The number of hydrogen-bond acceptors (Lipinski definition) is 4. The van der Waals surface area contributed by atoms with E-state index in [4.69, 9.17) is 6.42 Å². The number of benzene rings is 1. The monoisotopic (exact) mass is 345 g/mol. The fourth-order valence-electron chi connectivity index (χ4n) is 2.37. The Morgan fingerprint density at radius 2 is 2.14 bits per heavy atom. The summed E-state index contributed by atoms with van der Waals surface area (Å²) in [6, 6.07) is 2.87. The van der Waals surface area contributed by atoms with Crippen molar-refractivity contribution in [3.05, 3.63) is 29.6 Å². The van der Waals surface area contributed by atoms with Gasteiger partial charge in [0.1, 0.15) is 5.82 Å². The molecule has 0 bridgehead atoms. The molecule has 8 heteroatoms. The van der Waals surface area contributed by atoms with Crippen LogP contribution in [0.25, 0.3) is 0 Å². The van der Waals surface area contributed by atoms with E-state index in [0.29, 0.717) is 5.56 Å². The lowest BCUT2D eigenvalue weighted by molar-refractivity contribution is 0.371. The van der Waals surface area contributed by atoms with Crippen molar-refractivity contribution < 1.29 is 21.2 Å². The lowest BCUT2D eigenvalue weighted by Crippen LogP contribution is -2.41. The summed E-state index contributed by atoms with van der Waals surface area (Å²) in [4.78, 5) is -0.227. The Labute approximate surface area is 130 Å². The van der Waals surface area contributed by atoms with Crippen LogP contribution in [0.3, 0.4) is 0 Å². The Bertz CT molecular complexity index is 825. The first-order valence-electron chi connectivity index (χ1n) is 6.59. The van der Waals surface area contributed by atoms with Crippen molar-refractivity contribution in [1.82, 2.24) is 4.31 Å². The molecule has 1 aromatic rings. The molecule has 0 aliphatic carbocycles. The van der Waals surface area contributed by atoms with Crippen molar-refractivity contribution in [2.24, 2.45) is 0 Å². The van der Waals surface area contributed by atoms with Crippen molar-refractivity contribution in [2.75, 3.05) is 18.1 Å². The van der Waals surface area contributed by atoms with Gasteiger partial charge < -0.3 is 0 Å². The van der Waals surface area contributed by atoms with Crippen LogP contribution in [0.2, 0.25) is 0 Å². The van der Waals surface area contributed by atoms with Crippen LogP contribution in [-0.4, -0.2) is 45.2 Å². The molecule has 0 N–H and O–H groups in total. The van der Waals surface area contributed by atoms with Crippen molar-refractivity contribution in [3.8, 4) is 12.3 Å². The van der Waals surface area contributed by atoms with Crippen molar-refractivity contribution in [2.45, 2.75) is 24.3 Å². The van der Waals surface area contributed by atoms with Gasteiger partial charge in [-0.15, -0.1) is 6.42 Å². The van der Waals surface area contributed by atoms with E-state index in [1.165, 1.54) is 19.1 Å². The van der Waals surface area contributed by atoms with Crippen molar-refractivity contribution in [3.63, 3.8) is 0 Å². The molecule has 0 radical (unpaired) electrons. The van der Waals surface area contributed by atoms with Gasteiger partial charge in [-0.25, -0.2) is 21.2 Å². The van der Waals surface area contributed by atoms with E-state index in [-0.39, 0.29) is 29.4 Å². The van der Waals surface area contributed by atoms with Gasteiger partial charge in [0.15, 0.2) is 9.84 Å². The molecule has 0 aromatic heterocycles. The SMILES string of the molecule is C#CCN(C1CCS(=O)(=O)C1)S(=O)(=O)c1ccc(C)c(F)c1. The van der Waals surface area contributed by atoms with Gasteiger partial charge in [-0.2, -0.15) is 4.31 Å². The van der Waals surface area contributed by atoms with Gasteiger partial charge in [0, 0.05) is 6.04 Å². The first-order valence-corrected chi connectivity index (χ1v) is 9.85. The number of hydrogen-bond donors (Lipinski definition) is 0. The van der Waals surface area contributed by atoms with Gasteiger partial charge in [-0.3, -0.25) is 0 Å². The summed E-state index contributed by atoms with van der Waals surface area (Å²) in [5.41, 5.74) is 0.325. The predicted molar refractivity (Wildman–Crippen MR) is 80.9 cm³/mol. The Kier molecular flexibility index (Phi) is 4.61. The molecule has 1 aromatic carbocycles. The van der Waals surface area contributed by atoms with Gasteiger partial charge in [0.25, 0.3) is 0 Å². The molecule has 1 atom stereocenters. The molecule has 5 nitrogen and oxygen atoms in total. The number of rotatable bonds is 4. The summed E-state index contributed by atoms with van der Waals surface area (Å²) >= 11 is 0. The van der Waals surface area contributed by atoms with E-state index in [2.05, 4.69) is 5.92 Å². The number of terminal acetylenes is 1. The lowest BCUT2D eigenvalue weighted by atomic mass is 10.2. The number of sulfonamides is 1. The molecule has 2 rings (SSSR count). The van der Waals surface area contributed by atoms with Crippen LogP contribution in [0.4, 0.5) is 4.39 Å². The third-order valence-electron chi connectivity index (χ3n) is 3.61. The molecule has 1 saturated heterocycles. The molecular formula is C14H16FNO4S2. The van der Waals surface area contributed by atoms with Crippen LogP contribution in [0.5, 0.6) is 0 Å². The maximum absolute atomic E-state index is 13.6. The van der Waals surface area contributed by atoms with E-state index >= 15 is 0 Å². The van der Waals surface area contributed by atoms with Gasteiger partial charge >= 0.3 is 0 Å². The van der Waals surface area contributed by atoms with Crippen LogP contribution < -0.4 is 0 Å². The molecule has 1 aliphatic heterocycles. The molecule has 1 fully saturated rings. The zero-order valence-electron chi connectivity index (χ0n) is 12.0. The van der Waals surface area contributed by atoms with E-state index < -0.39 is 31.7 Å². The van der Waals surface area contributed by atoms with Crippen LogP contribution in [0.15, 0.2) is 23.1 Å². The predicted octanol–water partition coefficient (Wildman–Crippen LogP) is 0.945. The average Bonchev–Trinajstić information content (AvgIpc) is 2.78. The van der Waals surface area contributed by atoms with Crippen LogP contribution in [0.1, 0.15) is 12.0 Å². The number of halogens is 1. The highest BCUT2D eigenvalue weighted by molar-refractivity contribution is 7.92. The third-order valence-corrected chi connectivity index (χ3v) is 7.26. The molecular weight excluding hydrogens is 329 g/mol.